The zero-order chi connectivity index (χ0) is 43.3. The summed E-state index contributed by atoms with van der Waals surface area (Å²) in [6.45, 7) is -1.52. The molecule has 5 fully saturated rings. The lowest BCUT2D eigenvalue weighted by atomic mass is 9.94. The highest BCUT2D eigenvalue weighted by Crippen LogP contribution is 2.35. The Hall–Kier alpha value is -1.90. The highest BCUT2D eigenvalue weighted by molar-refractivity contribution is 5.73. The van der Waals surface area contributed by atoms with E-state index in [-0.39, 0.29) is 12.8 Å². The van der Waals surface area contributed by atoms with Gasteiger partial charge in [-0.2, -0.15) is 0 Å². The van der Waals surface area contributed by atoms with E-state index in [0.29, 0.717) is 0 Å². The summed E-state index contributed by atoms with van der Waals surface area (Å²) in [7, 11) is 0. The molecular weight excluding hydrogens is 804 g/mol. The SMILES string of the molecule is CC(=O)N[C@H]1[C@H](OC2[C@H](O)CC(O)O[C@@H]2CO)O[C@H](CO)C(O[C@H]2C[C@@H](O)C(O[C@@H]3O[C@H](CO)C(O[C@H]4C[C@@H](O)[C@H](O)[C@@H](CO)O4)[C@H](O)[C@H]3NC(C)=O)[C@@H](CO)O2)[C@@H]1O. The lowest BCUT2D eigenvalue weighted by Gasteiger charge is -2.49. The molecule has 342 valence electrons. The van der Waals surface area contributed by atoms with Gasteiger partial charge in [0, 0.05) is 33.1 Å². The van der Waals surface area contributed by atoms with Crippen molar-refractivity contribution in [1.29, 1.82) is 0 Å². The second-order valence-corrected chi connectivity index (χ2v) is 15.1. The molecule has 14 N–H and O–H groups in total. The van der Waals surface area contributed by atoms with Gasteiger partial charge >= 0.3 is 0 Å². The van der Waals surface area contributed by atoms with Crippen molar-refractivity contribution in [2.75, 3.05) is 33.0 Å². The Morgan fingerprint density at radius 1 is 0.475 bits per heavy atom. The summed E-state index contributed by atoms with van der Waals surface area (Å²) in [6.07, 6.45) is -29.9. The van der Waals surface area contributed by atoms with Crippen LogP contribution in [0.2, 0.25) is 0 Å². The maximum Gasteiger partial charge on any atom is 0.217 e. The fourth-order valence-corrected chi connectivity index (χ4v) is 7.86. The molecule has 25 heteroatoms. The first-order valence-electron chi connectivity index (χ1n) is 19.3. The first kappa shape index (κ1) is 48.1. The van der Waals surface area contributed by atoms with Crippen LogP contribution in [0, 0.1) is 0 Å². The Bertz CT molecular complexity index is 1340. The Morgan fingerprint density at radius 3 is 1.27 bits per heavy atom. The zero-order valence-electron chi connectivity index (χ0n) is 32.2. The van der Waals surface area contributed by atoms with E-state index in [2.05, 4.69) is 10.6 Å². The number of aliphatic hydroxyl groups excluding tert-OH is 12. The van der Waals surface area contributed by atoms with Gasteiger partial charge in [0.1, 0.15) is 85.3 Å². The van der Waals surface area contributed by atoms with E-state index in [1.165, 1.54) is 0 Å². The molecule has 0 aliphatic carbocycles. The highest BCUT2D eigenvalue weighted by Gasteiger charge is 2.54. The minimum atomic E-state index is -1.72. The topological polar surface area (TPSA) is 384 Å². The molecule has 5 aliphatic heterocycles. The van der Waals surface area contributed by atoms with Gasteiger partial charge in [-0.3, -0.25) is 9.59 Å². The number of carbonyl (C=O) groups is 2. The summed E-state index contributed by atoms with van der Waals surface area (Å²) in [4.78, 5) is 24.5. The molecule has 5 rings (SSSR count). The average Bonchev–Trinajstić information content (AvgIpc) is 3.18. The Kier molecular flexibility index (Phi) is 17.5. The number of rotatable bonds is 15. The molecule has 5 unspecified atom stereocenters. The molecular formula is C34H58N2O23. The smallest absolute Gasteiger partial charge is 0.217 e. The van der Waals surface area contributed by atoms with Gasteiger partial charge < -0.3 is 115 Å². The van der Waals surface area contributed by atoms with Crippen molar-refractivity contribution in [2.24, 2.45) is 0 Å². The Labute approximate surface area is 337 Å². The maximum absolute atomic E-state index is 12.3. The van der Waals surface area contributed by atoms with Crippen molar-refractivity contribution in [2.45, 2.75) is 168 Å². The molecule has 25 nitrogen and oxygen atoms in total. The Balaban J connectivity index is 1.27. The van der Waals surface area contributed by atoms with Crippen molar-refractivity contribution in [3.8, 4) is 0 Å². The number of nitrogens with one attached hydrogen (secondary N) is 2. The highest BCUT2D eigenvalue weighted by atomic mass is 16.8. The van der Waals surface area contributed by atoms with Crippen LogP contribution in [-0.2, 0) is 52.2 Å². The normalized spacial score (nSPS) is 47.0. The third-order valence-corrected chi connectivity index (χ3v) is 10.7. The average molecular weight is 863 g/mol. The summed E-state index contributed by atoms with van der Waals surface area (Å²) in [6, 6.07) is -2.88. The van der Waals surface area contributed by atoms with Crippen LogP contribution in [0.1, 0.15) is 33.1 Å². The van der Waals surface area contributed by atoms with Crippen molar-refractivity contribution in [3.63, 3.8) is 0 Å². The molecule has 0 aromatic heterocycles. The number of aliphatic hydroxyl groups is 12. The largest absolute Gasteiger partial charge is 0.394 e. The molecule has 2 amide bonds. The lowest BCUT2D eigenvalue weighted by molar-refractivity contribution is -0.362. The fraction of sp³-hybridized carbons (Fsp3) is 0.941. The van der Waals surface area contributed by atoms with Gasteiger partial charge in [0.2, 0.25) is 11.8 Å². The monoisotopic (exact) mass is 862 g/mol. The van der Waals surface area contributed by atoms with E-state index < -0.39 is 186 Å². The van der Waals surface area contributed by atoms with Crippen molar-refractivity contribution in [1.82, 2.24) is 10.6 Å². The van der Waals surface area contributed by atoms with Crippen LogP contribution in [-0.4, -0.2) is 241 Å². The molecule has 0 aromatic rings. The van der Waals surface area contributed by atoms with Crippen LogP contribution >= 0.6 is 0 Å². The van der Waals surface area contributed by atoms with Crippen LogP contribution in [0.4, 0.5) is 0 Å². The summed E-state index contributed by atoms with van der Waals surface area (Å²) < 4.78 is 52.1. The quantitative estimate of drug-likeness (QED) is 0.0727. The fourth-order valence-electron chi connectivity index (χ4n) is 7.86. The van der Waals surface area contributed by atoms with E-state index in [1.807, 2.05) is 0 Å². The van der Waals surface area contributed by atoms with Crippen molar-refractivity contribution < 1.29 is 113 Å². The van der Waals surface area contributed by atoms with E-state index >= 15 is 0 Å². The van der Waals surface area contributed by atoms with Crippen LogP contribution in [0.15, 0.2) is 0 Å². The molecule has 5 saturated heterocycles. The summed E-state index contributed by atoms with van der Waals surface area (Å²) >= 11 is 0. The minimum absolute atomic E-state index is 0.293. The Morgan fingerprint density at radius 2 is 0.847 bits per heavy atom. The number of hydrogen-bond donors (Lipinski definition) is 14. The number of ether oxygens (including phenoxy) is 9. The van der Waals surface area contributed by atoms with Gasteiger partial charge in [-0.1, -0.05) is 0 Å². The molecule has 59 heavy (non-hydrogen) atoms. The molecule has 0 saturated carbocycles. The lowest BCUT2D eigenvalue weighted by Crippen LogP contribution is -2.68. The van der Waals surface area contributed by atoms with Gasteiger partial charge in [0.05, 0.1) is 51.3 Å². The van der Waals surface area contributed by atoms with Gasteiger partial charge in [-0.15, -0.1) is 0 Å². The summed E-state index contributed by atoms with van der Waals surface area (Å²) in [5, 5.41) is 130. The van der Waals surface area contributed by atoms with Crippen molar-refractivity contribution >= 4 is 11.8 Å². The van der Waals surface area contributed by atoms with Crippen LogP contribution in [0.25, 0.3) is 0 Å². The third kappa shape index (κ3) is 11.4. The molecule has 22 atom stereocenters. The second kappa shape index (κ2) is 21.5. The van der Waals surface area contributed by atoms with Gasteiger partial charge in [0.15, 0.2) is 31.5 Å². The van der Waals surface area contributed by atoms with Crippen LogP contribution in [0.5, 0.6) is 0 Å². The number of hydrogen-bond acceptors (Lipinski definition) is 23. The molecule has 0 aromatic carbocycles. The number of carbonyl (C=O) groups excluding carboxylic acids is 2. The molecule has 0 bridgehead atoms. The standard InChI is InChI=1S/C34H58N2O23/c1-11(42)35-24-28(50)32(20(10-41)54-33(24)58-29-14(45)3-21(47)51-17(29)7-38)57-23-5-15(46)30(18(8-39)53-23)59-34-25(36-12(2)43)27(49)31(19(9-40)55-34)56-22-4-13(44)26(48)16(6-37)52-22/h13-34,37-41,44-50H,3-10H2,1-2H3,(H,35,42)(H,36,43)/t13-,14-,15-,16-,17-,18-,19-,20-,21?,22+,23+,24-,25-,26+,27-,28-,29?,30?,31?,32?,33+,34+/m1/s1. The molecule has 0 spiro atoms. The summed E-state index contributed by atoms with van der Waals surface area (Å²) in [5.41, 5.74) is 0. The van der Waals surface area contributed by atoms with Crippen molar-refractivity contribution in [3.05, 3.63) is 0 Å². The predicted molar refractivity (Wildman–Crippen MR) is 186 cm³/mol. The van der Waals surface area contributed by atoms with E-state index in [9.17, 15) is 70.9 Å². The van der Waals surface area contributed by atoms with Gasteiger partial charge in [-0.05, 0) is 0 Å². The van der Waals surface area contributed by atoms with E-state index in [0.717, 1.165) is 13.8 Å². The second-order valence-electron chi connectivity index (χ2n) is 15.1. The van der Waals surface area contributed by atoms with Gasteiger partial charge in [0.25, 0.3) is 0 Å². The predicted octanol–water partition coefficient (Wildman–Crippen LogP) is -8.55. The van der Waals surface area contributed by atoms with Gasteiger partial charge in [-0.25, -0.2) is 0 Å². The molecule has 0 radical (unpaired) electrons. The maximum atomic E-state index is 12.3. The third-order valence-electron chi connectivity index (χ3n) is 10.7. The zero-order valence-corrected chi connectivity index (χ0v) is 32.2. The molecule has 5 heterocycles. The van der Waals surface area contributed by atoms with E-state index in [1.54, 1.807) is 0 Å². The first-order chi connectivity index (χ1) is 28.0. The van der Waals surface area contributed by atoms with Crippen LogP contribution in [0.3, 0.4) is 0 Å². The number of amides is 2. The summed E-state index contributed by atoms with van der Waals surface area (Å²) in [5.74, 6) is -1.32. The van der Waals surface area contributed by atoms with E-state index in [4.69, 9.17) is 42.6 Å². The first-order valence-corrected chi connectivity index (χ1v) is 19.3. The molecule has 5 aliphatic rings. The minimum Gasteiger partial charge on any atom is -0.394 e. The van der Waals surface area contributed by atoms with Crippen LogP contribution < -0.4 is 10.6 Å².